The van der Waals surface area contributed by atoms with Gasteiger partial charge >= 0.3 is 5.97 Å². The molecule has 108 valence electrons. The molecule has 4 heteroatoms. The lowest BCUT2D eigenvalue weighted by atomic mass is 9.88. The van der Waals surface area contributed by atoms with Gasteiger partial charge in [-0.3, -0.25) is 4.79 Å². The van der Waals surface area contributed by atoms with E-state index in [-0.39, 0.29) is 11.9 Å². The van der Waals surface area contributed by atoms with E-state index >= 15 is 0 Å². The minimum atomic E-state index is -1.29. The molecule has 1 aliphatic carbocycles. The van der Waals surface area contributed by atoms with Crippen molar-refractivity contribution in [3.63, 3.8) is 0 Å². The summed E-state index contributed by atoms with van der Waals surface area (Å²) in [6.45, 7) is 5.12. The van der Waals surface area contributed by atoms with Crippen LogP contribution in [0.4, 0.5) is 0 Å². The zero-order valence-electron chi connectivity index (χ0n) is 12.2. The Kier molecular flexibility index (Phi) is 3.84. The first-order valence-electron chi connectivity index (χ1n) is 7.04. The molecule has 1 aromatic rings. The number of carbonyl (C=O) groups excluding carboxylic acids is 1. The molecule has 1 fully saturated rings. The molecule has 0 heterocycles. The Balaban J connectivity index is 2.46. The molecule has 1 aromatic carbocycles. The molecule has 20 heavy (non-hydrogen) atoms. The minimum Gasteiger partial charge on any atom is -0.479 e. The number of carboxylic acid groups (broad SMARTS) is 1. The van der Waals surface area contributed by atoms with Crippen LogP contribution in [0.5, 0.6) is 0 Å². The molecule has 1 amide bonds. The number of hydrogen-bond donors (Lipinski definition) is 1. The van der Waals surface area contributed by atoms with Crippen LogP contribution >= 0.6 is 0 Å². The first-order valence-corrected chi connectivity index (χ1v) is 7.04. The Morgan fingerprint density at radius 3 is 2.20 bits per heavy atom. The Hall–Kier alpha value is -1.84. The summed E-state index contributed by atoms with van der Waals surface area (Å²) in [6.07, 6.45) is 2.67. The van der Waals surface area contributed by atoms with Crippen LogP contribution in [0.1, 0.15) is 44.7 Å². The third-order valence-corrected chi connectivity index (χ3v) is 4.07. The van der Waals surface area contributed by atoms with Crippen LogP contribution in [-0.2, 0) is 21.5 Å². The van der Waals surface area contributed by atoms with Crippen molar-refractivity contribution >= 4 is 11.9 Å². The number of nitrogens with zero attached hydrogens (tertiary/aromatic N) is 1. The summed E-state index contributed by atoms with van der Waals surface area (Å²) in [5.41, 5.74) is 0.519. The zero-order valence-corrected chi connectivity index (χ0v) is 12.2. The lowest BCUT2D eigenvalue weighted by Gasteiger charge is -2.38. The van der Waals surface area contributed by atoms with E-state index in [9.17, 15) is 14.7 Å². The summed E-state index contributed by atoms with van der Waals surface area (Å²) < 4.78 is 0. The fourth-order valence-electron chi connectivity index (χ4n) is 2.70. The lowest BCUT2D eigenvalue weighted by molar-refractivity contribution is -0.159. The average Bonchev–Trinajstić information content (AvgIpc) is 3.22. The van der Waals surface area contributed by atoms with E-state index in [1.165, 1.54) is 11.8 Å². The van der Waals surface area contributed by atoms with Crippen molar-refractivity contribution in [2.45, 2.75) is 51.6 Å². The minimum absolute atomic E-state index is 0.0550. The topological polar surface area (TPSA) is 57.6 Å². The third kappa shape index (κ3) is 2.42. The van der Waals surface area contributed by atoms with Gasteiger partial charge in [0.15, 0.2) is 5.54 Å². The number of aliphatic carboxylic acids is 1. The van der Waals surface area contributed by atoms with Crippen LogP contribution in [0.2, 0.25) is 0 Å². The normalized spacial score (nSPS) is 17.4. The third-order valence-electron chi connectivity index (χ3n) is 4.07. The van der Waals surface area contributed by atoms with Gasteiger partial charge in [-0.2, -0.15) is 0 Å². The maximum absolute atomic E-state index is 11.9. The van der Waals surface area contributed by atoms with E-state index in [1.54, 1.807) is 6.92 Å². The van der Waals surface area contributed by atoms with Gasteiger partial charge in [-0.05, 0) is 37.3 Å². The summed E-state index contributed by atoms with van der Waals surface area (Å²) >= 11 is 0. The average molecular weight is 275 g/mol. The van der Waals surface area contributed by atoms with E-state index in [4.69, 9.17) is 0 Å². The predicted octanol–water partition coefficient (Wildman–Crippen LogP) is 2.56. The van der Waals surface area contributed by atoms with Crippen molar-refractivity contribution in [1.82, 2.24) is 4.90 Å². The maximum Gasteiger partial charge on any atom is 0.334 e. The standard InChI is InChI=1S/C16H21NO3/c1-4-12-5-7-13(8-6-12)16(3,15(19)20)17(11(2)18)14-9-10-14/h5-8,14H,4,9-10H2,1-3H3,(H,19,20). The Labute approximate surface area is 119 Å². The fourth-order valence-corrected chi connectivity index (χ4v) is 2.70. The molecule has 1 N–H and O–H groups in total. The van der Waals surface area contributed by atoms with E-state index in [1.807, 2.05) is 24.3 Å². The summed E-state index contributed by atoms with van der Waals surface area (Å²) in [7, 11) is 0. The zero-order chi connectivity index (χ0) is 14.9. The van der Waals surface area contributed by atoms with Gasteiger partial charge < -0.3 is 10.0 Å². The molecule has 1 atom stereocenters. The summed E-state index contributed by atoms with van der Waals surface area (Å²) in [5.74, 6) is -1.17. The van der Waals surface area contributed by atoms with Crippen LogP contribution in [0.3, 0.4) is 0 Å². The largest absolute Gasteiger partial charge is 0.479 e. The molecule has 0 aromatic heterocycles. The van der Waals surface area contributed by atoms with Crippen LogP contribution in [0.25, 0.3) is 0 Å². The van der Waals surface area contributed by atoms with Gasteiger partial charge in [-0.1, -0.05) is 31.2 Å². The highest BCUT2D eigenvalue weighted by molar-refractivity contribution is 5.87. The van der Waals surface area contributed by atoms with Crippen molar-refractivity contribution in [3.8, 4) is 0 Å². The van der Waals surface area contributed by atoms with Gasteiger partial charge in [0.25, 0.3) is 0 Å². The summed E-state index contributed by atoms with van der Waals surface area (Å²) in [6, 6.07) is 7.57. The van der Waals surface area contributed by atoms with Crippen molar-refractivity contribution < 1.29 is 14.7 Å². The number of benzene rings is 1. The molecule has 0 saturated heterocycles. The van der Waals surface area contributed by atoms with E-state index in [2.05, 4.69) is 6.92 Å². The Bertz CT molecular complexity index is 519. The van der Waals surface area contributed by atoms with Gasteiger partial charge in [0.1, 0.15) is 0 Å². The highest BCUT2D eigenvalue weighted by Gasteiger charge is 2.49. The Morgan fingerprint density at radius 1 is 1.30 bits per heavy atom. The van der Waals surface area contributed by atoms with Crippen molar-refractivity contribution in [3.05, 3.63) is 35.4 Å². The van der Waals surface area contributed by atoms with E-state index in [0.717, 1.165) is 24.8 Å². The molecule has 0 aliphatic heterocycles. The number of hydrogen-bond acceptors (Lipinski definition) is 2. The van der Waals surface area contributed by atoms with Crippen molar-refractivity contribution in [2.75, 3.05) is 0 Å². The highest BCUT2D eigenvalue weighted by atomic mass is 16.4. The quantitative estimate of drug-likeness (QED) is 0.898. The first-order chi connectivity index (χ1) is 9.41. The number of aryl methyl sites for hydroxylation is 1. The van der Waals surface area contributed by atoms with Crippen molar-refractivity contribution in [2.24, 2.45) is 0 Å². The van der Waals surface area contributed by atoms with Crippen LogP contribution in [-0.4, -0.2) is 27.9 Å². The van der Waals surface area contributed by atoms with Crippen LogP contribution in [0, 0.1) is 0 Å². The molecular formula is C16H21NO3. The second-order valence-electron chi connectivity index (χ2n) is 5.55. The highest BCUT2D eigenvalue weighted by Crippen LogP contribution is 2.39. The van der Waals surface area contributed by atoms with Crippen LogP contribution < -0.4 is 0 Å². The molecule has 0 spiro atoms. The molecule has 0 radical (unpaired) electrons. The molecule has 1 aliphatic rings. The smallest absolute Gasteiger partial charge is 0.334 e. The molecule has 1 saturated carbocycles. The monoisotopic (exact) mass is 275 g/mol. The molecule has 2 rings (SSSR count). The Morgan fingerprint density at radius 2 is 1.85 bits per heavy atom. The molecular weight excluding hydrogens is 254 g/mol. The van der Waals surface area contributed by atoms with Gasteiger partial charge in [-0.15, -0.1) is 0 Å². The fraction of sp³-hybridized carbons (Fsp3) is 0.500. The van der Waals surface area contributed by atoms with Crippen LogP contribution in [0.15, 0.2) is 24.3 Å². The van der Waals surface area contributed by atoms with Gasteiger partial charge in [-0.25, -0.2) is 4.79 Å². The molecule has 4 nitrogen and oxygen atoms in total. The van der Waals surface area contributed by atoms with Gasteiger partial charge in [0.05, 0.1) is 0 Å². The first kappa shape index (κ1) is 14.6. The van der Waals surface area contributed by atoms with Crippen molar-refractivity contribution in [1.29, 1.82) is 0 Å². The summed E-state index contributed by atoms with van der Waals surface area (Å²) in [4.78, 5) is 25.3. The number of amides is 1. The lowest BCUT2D eigenvalue weighted by Crippen LogP contribution is -2.53. The number of rotatable bonds is 5. The summed E-state index contributed by atoms with van der Waals surface area (Å²) in [5, 5.41) is 9.71. The number of carboxylic acids is 1. The second-order valence-corrected chi connectivity index (χ2v) is 5.55. The molecule has 1 unspecified atom stereocenters. The van der Waals surface area contributed by atoms with E-state index < -0.39 is 11.5 Å². The number of carbonyl (C=O) groups is 2. The predicted molar refractivity (Wildman–Crippen MR) is 76.3 cm³/mol. The van der Waals surface area contributed by atoms with Gasteiger partial charge in [0.2, 0.25) is 5.91 Å². The maximum atomic E-state index is 11.9. The van der Waals surface area contributed by atoms with Gasteiger partial charge in [0, 0.05) is 13.0 Å². The van der Waals surface area contributed by atoms with E-state index in [0.29, 0.717) is 5.56 Å². The molecule has 0 bridgehead atoms. The second kappa shape index (κ2) is 5.27. The SMILES string of the molecule is CCc1ccc(C(C)(C(=O)O)N(C(C)=O)C2CC2)cc1.